The lowest BCUT2D eigenvalue weighted by Crippen LogP contribution is -2.39. The third-order valence-corrected chi connectivity index (χ3v) is 2.78. The van der Waals surface area contributed by atoms with Gasteiger partial charge in [-0.2, -0.15) is 0 Å². The number of aliphatic hydroxyl groups is 1. The molecular weight excluding hydrogens is 214 g/mol. The van der Waals surface area contributed by atoms with Crippen molar-refractivity contribution >= 4 is 11.4 Å². The van der Waals surface area contributed by atoms with Gasteiger partial charge in [-0.1, -0.05) is 0 Å². The van der Waals surface area contributed by atoms with Crippen LogP contribution in [0, 0.1) is 0 Å². The van der Waals surface area contributed by atoms with Gasteiger partial charge in [0, 0.05) is 23.0 Å². The largest absolute Gasteiger partial charge is 0.399 e. The summed E-state index contributed by atoms with van der Waals surface area (Å²) in [4.78, 5) is 0. The first-order valence-corrected chi connectivity index (χ1v) is 5.18. The molecule has 0 aromatic heterocycles. The predicted molar refractivity (Wildman–Crippen MR) is 58.5 cm³/mol. The molecule has 0 aliphatic heterocycles. The molecule has 1 fully saturated rings. The number of anilines is 2. The summed E-state index contributed by atoms with van der Waals surface area (Å²) in [6.07, 6.45) is -1.64. The molecule has 1 aromatic rings. The Labute approximate surface area is 92.3 Å². The SMILES string of the molecule is Nc1ccc(NC2CC(O)C2)c(C(F)F)c1. The van der Waals surface area contributed by atoms with Gasteiger partial charge in [0.25, 0.3) is 6.43 Å². The van der Waals surface area contributed by atoms with E-state index in [9.17, 15) is 8.78 Å². The zero-order chi connectivity index (χ0) is 11.7. The van der Waals surface area contributed by atoms with Crippen LogP contribution in [0.5, 0.6) is 0 Å². The average molecular weight is 228 g/mol. The zero-order valence-electron chi connectivity index (χ0n) is 8.66. The highest BCUT2D eigenvalue weighted by atomic mass is 19.3. The van der Waals surface area contributed by atoms with Crippen molar-refractivity contribution in [2.45, 2.75) is 31.4 Å². The Morgan fingerprint density at radius 2 is 2.06 bits per heavy atom. The summed E-state index contributed by atoms with van der Waals surface area (Å²) >= 11 is 0. The van der Waals surface area contributed by atoms with Crippen molar-refractivity contribution in [1.82, 2.24) is 0 Å². The number of alkyl halides is 2. The smallest absolute Gasteiger partial charge is 0.265 e. The van der Waals surface area contributed by atoms with E-state index < -0.39 is 6.43 Å². The van der Waals surface area contributed by atoms with Gasteiger partial charge >= 0.3 is 0 Å². The number of nitrogens with one attached hydrogen (secondary N) is 1. The maximum atomic E-state index is 12.7. The summed E-state index contributed by atoms with van der Waals surface area (Å²) in [5.41, 5.74) is 6.11. The topological polar surface area (TPSA) is 58.3 Å². The summed E-state index contributed by atoms with van der Waals surface area (Å²) in [6.45, 7) is 0. The number of nitrogen functional groups attached to an aromatic ring is 1. The molecule has 0 saturated heterocycles. The van der Waals surface area contributed by atoms with Gasteiger partial charge in [-0.15, -0.1) is 0 Å². The highest BCUT2D eigenvalue weighted by Crippen LogP contribution is 2.32. The Morgan fingerprint density at radius 1 is 1.38 bits per heavy atom. The van der Waals surface area contributed by atoms with Crippen LogP contribution in [0.3, 0.4) is 0 Å². The van der Waals surface area contributed by atoms with Gasteiger partial charge in [-0.3, -0.25) is 0 Å². The van der Waals surface area contributed by atoms with Gasteiger partial charge in [0.2, 0.25) is 0 Å². The molecule has 16 heavy (non-hydrogen) atoms. The van der Waals surface area contributed by atoms with Crippen molar-refractivity contribution in [3.05, 3.63) is 23.8 Å². The second-order valence-corrected chi connectivity index (χ2v) is 4.11. The Morgan fingerprint density at radius 3 is 2.62 bits per heavy atom. The molecule has 0 heterocycles. The number of nitrogens with two attached hydrogens (primary N) is 1. The van der Waals surface area contributed by atoms with E-state index in [2.05, 4.69) is 5.32 Å². The Bertz CT molecular complexity index is 378. The van der Waals surface area contributed by atoms with Gasteiger partial charge < -0.3 is 16.2 Å². The van der Waals surface area contributed by atoms with Crippen LogP contribution in [0.2, 0.25) is 0 Å². The van der Waals surface area contributed by atoms with E-state index in [1.54, 1.807) is 12.1 Å². The molecule has 4 N–H and O–H groups in total. The number of rotatable bonds is 3. The fourth-order valence-electron chi connectivity index (χ4n) is 1.82. The maximum Gasteiger partial charge on any atom is 0.265 e. The predicted octanol–water partition coefficient (Wildman–Crippen LogP) is 2.14. The first-order valence-electron chi connectivity index (χ1n) is 5.18. The summed E-state index contributed by atoms with van der Waals surface area (Å²) in [6, 6.07) is 4.50. The molecule has 0 amide bonds. The average Bonchev–Trinajstić information content (AvgIpc) is 2.17. The van der Waals surface area contributed by atoms with Crippen LogP contribution < -0.4 is 11.1 Å². The standard InChI is InChI=1S/C11H14F2N2O/c12-11(13)9-3-6(14)1-2-10(9)15-7-4-8(16)5-7/h1-3,7-8,11,15-16H,4-5,14H2. The molecule has 2 rings (SSSR count). The van der Waals surface area contributed by atoms with Crippen LogP contribution >= 0.6 is 0 Å². The van der Waals surface area contributed by atoms with Crippen molar-refractivity contribution in [2.75, 3.05) is 11.1 Å². The Balaban J connectivity index is 2.13. The summed E-state index contributed by atoms with van der Waals surface area (Å²) in [7, 11) is 0. The normalized spacial score (nSPS) is 24.2. The molecular formula is C11H14F2N2O. The van der Waals surface area contributed by atoms with E-state index in [0.29, 0.717) is 24.2 Å². The molecule has 0 spiro atoms. The summed E-state index contributed by atoms with van der Waals surface area (Å²) < 4.78 is 25.4. The number of benzene rings is 1. The molecule has 0 atom stereocenters. The number of halogens is 2. The van der Waals surface area contributed by atoms with E-state index in [1.807, 2.05) is 0 Å². The van der Waals surface area contributed by atoms with Crippen LogP contribution in [0.1, 0.15) is 24.8 Å². The first-order chi connectivity index (χ1) is 7.56. The van der Waals surface area contributed by atoms with E-state index >= 15 is 0 Å². The molecule has 1 aliphatic rings. The van der Waals surface area contributed by atoms with Crippen molar-refractivity contribution in [3.63, 3.8) is 0 Å². The van der Waals surface area contributed by atoms with Crippen LogP contribution in [0.4, 0.5) is 20.2 Å². The van der Waals surface area contributed by atoms with Gasteiger partial charge in [-0.05, 0) is 31.0 Å². The van der Waals surface area contributed by atoms with Gasteiger partial charge in [0.15, 0.2) is 0 Å². The summed E-state index contributed by atoms with van der Waals surface area (Å²) in [5, 5.41) is 12.1. The third-order valence-electron chi connectivity index (χ3n) is 2.78. The van der Waals surface area contributed by atoms with Crippen LogP contribution in [0.15, 0.2) is 18.2 Å². The Hall–Kier alpha value is -1.36. The minimum atomic E-state index is -2.55. The highest BCUT2D eigenvalue weighted by Gasteiger charge is 2.28. The molecule has 5 heteroatoms. The zero-order valence-corrected chi connectivity index (χ0v) is 8.66. The lowest BCUT2D eigenvalue weighted by atomic mass is 9.89. The number of aliphatic hydroxyl groups excluding tert-OH is 1. The molecule has 3 nitrogen and oxygen atoms in total. The van der Waals surface area contributed by atoms with Gasteiger partial charge in [-0.25, -0.2) is 8.78 Å². The lowest BCUT2D eigenvalue weighted by Gasteiger charge is -2.33. The third kappa shape index (κ3) is 2.24. The van der Waals surface area contributed by atoms with E-state index in [4.69, 9.17) is 10.8 Å². The van der Waals surface area contributed by atoms with Crippen molar-refractivity contribution < 1.29 is 13.9 Å². The van der Waals surface area contributed by atoms with E-state index in [1.165, 1.54) is 6.07 Å². The number of hydrogen-bond acceptors (Lipinski definition) is 3. The van der Waals surface area contributed by atoms with Crippen LogP contribution in [-0.4, -0.2) is 17.3 Å². The highest BCUT2D eigenvalue weighted by molar-refractivity contribution is 5.59. The fraction of sp³-hybridized carbons (Fsp3) is 0.455. The molecule has 0 bridgehead atoms. The second kappa shape index (κ2) is 4.25. The molecule has 1 saturated carbocycles. The quantitative estimate of drug-likeness (QED) is 0.695. The molecule has 0 radical (unpaired) electrons. The van der Waals surface area contributed by atoms with Gasteiger partial charge in [0.05, 0.1) is 6.10 Å². The monoisotopic (exact) mass is 228 g/mol. The molecule has 1 aromatic carbocycles. The summed E-state index contributed by atoms with van der Waals surface area (Å²) in [5.74, 6) is 0. The second-order valence-electron chi connectivity index (χ2n) is 4.11. The van der Waals surface area contributed by atoms with Crippen LogP contribution in [0.25, 0.3) is 0 Å². The Kier molecular flexibility index (Phi) is 2.96. The first kappa shape index (κ1) is 11.1. The van der Waals surface area contributed by atoms with Crippen molar-refractivity contribution in [3.8, 4) is 0 Å². The maximum absolute atomic E-state index is 12.7. The molecule has 88 valence electrons. The molecule has 1 aliphatic carbocycles. The fourth-order valence-corrected chi connectivity index (χ4v) is 1.82. The van der Waals surface area contributed by atoms with Crippen LogP contribution in [-0.2, 0) is 0 Å². The minimum absolute atomic E-state index is 0.0797. The van der Waals surface area contributed by atoms with Crippen molar-refractivity contribution in [2.24, 2.45) is 0 Å². The van der Waals surface area contributed by atoms with Crippen molar-refractivity contribution in [1.29, 1.82) is 0 Å². The number of hydrogen-bond donors (Lipinski definition) is 3. The van der Waals surface area contributed by atoms with E-state index in [-0.39, 0.29) is 17.7 Å². The molecule has 0 unspecified atom stereocenters. The minimum Gasteiger partial charge on any atom is -0.399 e. The van der Waals surface area contributed by atoms with Gasteiger partial charge in [0.1, 0.15) is 0 Å². The van der Waals surface area contributed by atoms with E-state index in [0.717, 1.165) is 0 Å². The lowest BCUT2D eigenvalue weighted by molar-refractivity contribution is 0.0834.